The van der Waals surface area contributed by atoms with Gasteiger partial charge in [-0.05, 0) is 43.8 Å². The van der Waals surface area contributed by atoms with E-state index in [2.05, 4.69) is 9.88 Å². The Bertz CT molecular complexity index is 571. The van der Waals surface area contributed by atoms with Gasteiger partial charge in [-0.15, -0.1) is 0 Å². The number of hydrogen-bond acceptors (Lipinski definition) is 4. The summed E-state index contributed by atoms with van der Waals surface area (Å²) in [6, 6.07) is 13.3. The van der Waals surface area contributed by atoms with Crippen molar-refractivity contribution in [3.8, 4) is 0 Å². The summed E-state index contributed by atoms with van der Waals surface area (Å²) in [5.41, 5.74) is 9.26. The monoisotopic (exact) mass is 271 g/mol. The van der Waals surface area contributed by atoms with Gasteiger partial charge in [-0.2, -0.15) is 0 Å². The van der Waals surface area contributed by atoms with E-state index in [4.69, 9.17) is 5.73 Å². The van der Waals surface area contributed by atoms with Gasteiger partial charge in [-0.25, -0.2) is 0 Å². The van der Waals surface area contributed by atoms with E-state index in [1.807, 2.05) is 56.4 Å². The molecular weight excluding hydrogens is 250 g/mol. The quantitative estimate of drug-likeness (QED) is 0.818. The molecule has 2 aromatic rings. The first-order valence-corrected chi connectivity index (χ1v) is 6.69. The number of aromatic nitrogens is 1. The molecule has 20 heavy (non-hydrogen) atoms. The number of aryl methyl sites for hydroxylation is 1. The highest BCUT2D eigenvalue weighted by atomic mass is 16.3. The molecule has 0 aliphatic carbocycles. The van der Waals surface area contributed by atoms with Crippen molar-refractivity contribution >= 4 is 5.69 Å². The van der Waals surface area contributed by atoms with Crippen LogP contribution in [-0.4, -0.2) is 28.6 Å². The van der Waals surface area contributed by atoms with Crippen LogP contribution in [0, 0.1) is 6.92 Å². The molecule has 0 fully saturated rings. The van der Waals surface area contributed by atoms with Crippen molar-refractivity contribution in [1.82, 2.24) is 9.88 Å². The molecular formula is C16H21N3O. The highest BCUT2D eigenvalue weighted by Crippen LogP contribution is 2.17. The van der Waals surface area contributed by atoms with Gasteiger partial charge in [0.25, 0.3) is 0 Å². The number of nitrogens with zero attached hydrogens (tertiary/aromatic N) is 2. The van der Waals surface area contributed by atoms with E-state index in [1.165, 1.54) is 0 Å². The topological polar surface area (TPSA) is 62.4 Å². The van der Waals surface area contributed by atoms with Gasteiger partial charge in [-0.3, -0.25) is 9.88 Å². The highest BCUT2D eigenvalue weighted by Gasteiger charge is 2.11. The van der Waals surface area contributed by atoms with Gasteiger partial charge in [-0.1, -0.05) is 18.2 Å². The van der Waals surface area contributed by atoms with Crippen LogP contribution in [0.3, 0.4) is 0 Å². The number of aliphatic hydroxyl groups is 1. The molecule has 1 unspecified atom stereocenters. The zero-order valence-electron chi connectivity index (χ0n) is 12.0. The fourth-order valence-electron chi connectivity index (χ4n) is 2.20. The van der Waals surface area contributed by atoms with Crippen molar-refractivity contribution in [3.05, 3.63) is 59.4 Å². The second kappa shape index (κ2) is 6.50. The minimum absolute atomic E-state index is 0.541. The van der Waals surface area contributed by atoms with Gasteiger partial charge in [0.05, 0.1) is 11.8 Å². The van der Waals surface area contributed by atoms with E-state index in [0.29, 0.717) is 18.8 Å². The summed E-state index contributed by atoms with van der Waals surface area (Å²) in [6.07, 6.45) is -0.548. The molecule has 4 heteroatoms. The summed E-state index contributed by atoms with van der Waals surface area (Å²) in [6.45, 7) is 3.23. The summed E-state index contributed by atoms with van der Waals surface area (Å²) >= 11 is 0. The molecule has 1 heterocycles. The predicted molar refractivity (Wildman–Crippen MR) is 81.1 cm³/mol. The molecule has 0 radical (unpaired) electrons. The number of rotatable bonds is 5. The lowest BCUT2D eigenvalue weighted by Crippen LogP contribution is -2.24. The molecule has 1 atom stereocenters. The fourth-order valence-corrected chi connectivity index (χ4v) is 2.20. The number of likely N-dealkylation sites (N-methyl/N-ethyl adjacent to an activating group) is 1. The summed E-state index contributed by atoms with van der Waals surface area (Å²) in [4.78, 5) is 6.52. The standard InChI is InChI=1S/C16H21N3O/c1-12-5-3-8-15(18-12)10-19(2)11-16(20)13-6-4-7-14(17)9-13/h3-9,16,20H,10-11,17H2,1-2H3. The molecule has 1 aromatic carbocycles. The summed E-state index contributed by atoms with van der Waals surface area (Å²) < 4.78 is 0. The Hall–Kier alpha value is -1.91. The molecule has 0 amide bonds. The van der Waals surface area contributed by atoms with E-state index < -0.39 is 6.10 Å². The fraction of sp³-hybridized carbons (Fsp3) is 0.312. The van der Waals surface area contributed by atoms with Gasteiger partial charge >= 0.3 is 0 Å². The van der Waals surface area contributed by atoms with Crippen LogP contribution in [0.2, 0.25) is 0 Å². The molecule has 0 saturated heterocycles. The Morgan fingerprint density at radius 2 is 2.00 bits per heavy atom. The molecule has 0 aliphatic rings. The second-order valence-corrected chi connectivity index (χ2v) is 5.15. The van der Waals surface area contributed by atoms with Crippen LogP contribution < -0.4 is 5.73 Å². The van der Waals surface area contributed by atoms with Gasteiger partial charge in [0, 0.05) is 24.5 Å². The zero-order chi connectivity index (χ0) is 14.5. The largest absolute Gasteiger partial charge is 0.399 e. The lowest BCUT2D eigenvalue weighted by Gasteiger charge is -2.20. The summed E-state index contributed by atoms with van der Waals surface area (Å²) in [7, 11) is 1.97. The number of nitrogens with two attached hydrogens (primary N) is 1. The third kappa shape index (κ3) is 4.05. The molecule has 0 spiro atoms. The van der Waals surface area contributed by atoms with Gasteiger partial charge in [0.15, 0.2) is 0 Å². The third-order valence-electron chi connectivity index (χ3n) is 3.16. The van der Waals surface area contributed by atoms with Crippen LogP contribution in [0.25, 0.3) is 0 Å². The van der Waals surface area contributed by atoms with Crippen molar-refractivity contribution in [1.29, 1.82) is 0 Å². The molecule has 0 aliphatic heterocycles. The average Bonchev–Trinajstić information content (AvgIpc) is 2.38. The first kappa shape index (κ1) is 14.5. The van der Waals surface area contributed by atoms with Gasteiger partial charge in [0.1, 0.15) is 0 Å². The lowest BCUT2D eigenvalue weighted by molar-refractivity contribution is 0.123. The summed E-state index contributed by atoms with van der Waals surface area (Å²) in [5.74, 6) is 0. The minimum Gasteiger partial charge on any atom is -0.399 e. The Kier molecular flexibility index (Phi) is 4.71. The molecule has 3 N–H and O–H groups in total. The SMILES string of the molecule is Cc1cccc(CN(C)CC(O)c2cccc(N)c2)n1. The molecule has 1 aromatic heterocycles. The zero-order valence-corrected chi connectivity index (χ0v) is 12.0. The Morgan fingerprint density at radius 1 is 1.25 bits per heavy atom. The third-order valence-corrected chi connectivity index (χ3v) is 3.16. The molecule has 4 nitrogen and oxygen atoms in total. The Morgan fingerprint density at radius 3 is 2.70 bits per heavy atom. The van der Waals surface area contributed by atoms with Crippen LogP contribution >= 0.6 is 0 Å². The Labute approximate surface area is 119 Å². The highest BCUT2D eigenvalue weighted by molar-refractivity contribution is 5.41. The maximum absolute atomic E-state index is 10.2. The molecule has 0 bridgehead atoms. The van der Waals surface area contributed by atoms with E-state index in [9.17, 15) is 5.11 Å². The van der Waals surface area contributed by atoms with Gasteiger partial charge < -0.3 is 10.8 Å². The van der Waals surface area contributed by atoms with Crippen LogP contribution in [0.15, 0.2) is 42.5 Å². The van der Waals surface area contributed by atoms with Crippen molar-refractivity contribution in [2.24, 2.45) is 0 Å². The summed E-state index contributed by atoms with van der Waals surface area (Å²) in [5, 5.41) is 10.2. The number of anilines is 1. The van der Waals surface area contributed by atoms with Crippen molar-refractivity contribution < 1.29 is 5.11 Å². The first-order valence-electron chi connectivity index (χ1n) is 6.69. The van der Waals surface area contributed by atoms with E-state index in [1.54, 1.807) is 0 Å². The number of benzene rings is 1. The van der Waals surface area contributed by atoms with Crippen molar-refractivity contribution in [2.45, 2.75) is 19.6 Å². The second-order valence-electron chi connectivity index (χ2n) is 5.15. The van der Waals surface area contributed by atoms with E-state index >= 15 is 0 Å². The van der Waals surface area contributed by atoms with Crippen molar-refractivity contribution in [3.63, 3.8) is 0 Å². The molecule has 106 valence electrons. The minimum atomic E-state index is -0.548. The Balaban J connectivity index is 1.95. The van der Waals surface area contributed by atoms with E-state index in [-0.39, 0.29) is 0 Å². The lowest BCUT2D eigenvalue weighted by atomic mass is 10.1. The number of nitrogen functional groups attached to an aromatic ring is 1. The number of hydrogen-bond donors (Lipinski definition) is 2. The van der Waals surface area contributed by atoms with Crippen molar-refractivity contribution in [2.75, 3.05) is 19.3 Å². The van der Waals surface area contributed by atoms with Crippen LogP contribution in [0.5, 0.6) is 0 Å². The predicted octanol–water partition coefficient (Wildman–Crippen LogP) is 2.14. The molecule has 0 saturated carbocycles. The average molecular weight is 271 g/mol. The van der Waals surface area contributed by atoms with Crippen LogP contribution in [0.1, 0.15) is 23.1 Å². The maximum atomic E-state index is 10.2. The normalized spacial score (nSPS) is 12.6. The maximum Gasteiger partial charge on any atom is 0.0917 e. The van der Waals surface area contributed by atoms with Crippen LogP contribution in [-0.2, 0) is 6.54 Å². The number of pyridine rings is 1. The van der Waals surface area contributed by atoms with Gasteiger partial charge in [0.2, 0.25) is 0 Å². The molecule has 2 rings (SSSR count). The number of aliphatic hydroxyl groups excluding tert-OH is 1. The van der Waals surface area contributed by atoms with E-state index in [0.717, 1.165) is 17.0 Å². The van der Waals surface area contributed by atoms with Crippen LogP contribution in [0.4, 0.5) is 5.69 Å². The first-order chi connectivity index (χ1) is 9.54. The smallest absolute Gasteiger partial charge is 0.0917 e.